The molecule has 1 N–H and O–H groups in total. The van der Waals surface area contributed by atoms with Crippen LogP contribution in [0.2, 0.25) is 0 Å². The third-order valence-corrected chi connectivity index (χ3v) is 4.59. The second-order valence-electron chi connectivity index (χ2n) is 6.23. The van der Waals surface area contributed by atoms with Gasteiger partial charge in [0.2, 0.25) is 0 Å². The van der Waals surface area contributed by atoms with Crippen LogP contribution in [0.5, 0.6) is 0 Å². The maximum atomic E-state index is 13.9. The molecule has 24 heavy (non-hydrogen) atoms. The van der Waals surface area contributed by atoms with Crippen LogP contribution in [0.3, 0.4) is 0 Å². The second-order valence-corrected chi connectivity index (χ2v) is 6.62. The molecule has 0 amide bonds. The lowest BCUT2D eigenvalue weighted by Crippen LogP contribution is -2.50. The van der Waals surface area contributed by atoms with Crippen molar-refractivity contribution < 1.29 is 4.39 Å². The summed E-state index contributed by atoms with van der Waals surface area (Å²) in [5.41, 5.74) is 4.12. The van der Waals surface area contributed by atoms with E-state index in [0.29, 0.717) is 5.69 Å². The Morgan fingerprint density at radius 1 is 1.00 bits per heavy atom. The molecule has 3 rings (SSSR count). The third-order valence-electron chi connectivity index (χ3n) is 4.23. The van der Waals surface area contributed by atoms with Gasteiger partial charge in [-0.1, -0.05) is 18.2 Å². The Hall–Kier alpha value is -2.14. The van der Waals surface area contributed by atoms with Crippen LogP contribution in [-0.2, 0) is 0 Å². The van der Waals surface area contributed by atoms with Crippen molar-refractivity contribution >= 4 is 28.7 Å². The minimum Gasteiger partial charge on any atom is -0.366 e. The van der Waals surface area contributed by atoms with E-state index in [4.69, 9.17) is 12.2 Å². The van der Waals surface area contributed by atoms with Crippen molar-refractivity contribution in [2.45, 2.75) is 13.8 Å². The molecular formula is C19H22FN3S. The molecule has 0 aromatic heterocycles. The highest BCUT2D eigenvalue weighted by molar-refractivity contribution is 7.80. The summed E-state index contributed by atoms with van der Waals surface area (Å²) in [6.07, 6.45) is 0. The van der Waals surface area contributed by atoms with Gasteiger partial charge in [-0.3, -0.25) is 0 Å². The Morgan fingerprint density at radius 3 is 2.25 bits per heavy atom. The van der Waals surface area contributed by atoms with Crippen LogP contribution in [0.25, 0.3) is 0 Å². The lowest BCUT2D eigenvalue weighted by molar-refractivity contribution is 0.388. The summed E-state index contributed by atoms with van der Waals surface area (Å²) in [6.45, 7) is 7.24. The molecule has 1 aliphatic heterocycles. The summed E-state index contributed by atoms with van der Waals surface area (Å²) in [4.78, 5) is 4.22. The highest BCUT2D eigenvalue weighted by Gasteiger charge is 2.20. The minimum absolute atomic E-state index is 0.165. The van der Waals surface area contributed by atoms with Gasteiger partial charge < -0.3 is 15.1 Å². The number of nitrogens with zero attached hydrogens (tertiary/aromatic N) is 2. The molecule has 126 valence electrons. The lowest BCUT2D eigenvalue weighted by atomic mass is 10.1. The second kappa shape index (κ2) is 7.18. The zero-order valence-electron chi connectivity index (χ0n) is 14.1. The van der Waals surface area contributed by atoms with E-state index in [2.05, 4.69) is 47.2 Å². The van der Waals surface area contributed by atoms with Gasteiger partial charge in [0, 0.05) is 31.9 Å². The molecule has 0 aliphatic carbocycles. The van der Waals surface area contributed by atoms with Crippen LogP contribution in [0.4, 0.5) is 15.8 Å². The molecule has 2 aromatic rings. The maximum absolute atomic E-state index is 13.9. The summed E-state index contributed by atoms with van der Waals surface area (Å²) in [5.74, 6) is -0.165. The van der Waals surface area contributed by atoms with E-state index in [1.165, 1.54) is 17.2 Å². The number of para-hydroxylation sites is 1. The highest BCUT2D eigenvalue weighted by Crippen LogP contribution is 2.21. The fraction of sp³-hybridized carbons (Fsp3) is 0.316. The first-order valence-corrected chi connectivity index (χ1v) is 8.57. The molecule has 0 radical (unpaired) electrons. The van der Waals surface area contributed by atoms with Gasteiger partial charge in [0.15, 0.2) is 5.11 Å². The fourth-order valence-electron chi connectivity index (χ4n) is 3.11. The Bertz CT molecular complexity index is 719. The molecule has 0 bridgehead atoms. The van der Waals surface area contributed by atoms with E-state index in [9.17, 15) is 4.39 Å². The van der Waals surface area contributed by atoms with E-state index in [-0.39, 0.29) is 5.82 Å². The minimum atomic E-state index is -0.165. The van der Waals surface area contributed by atoms with Gasteiger partial charge in [-0.05, 0) is 61.5 Å². The number of hydrogen-bond donors (Lipinski definition) is 1. The van der Waals surface area contributed by atoms with Gasteiger partial charge in [-0.15, -0.1) is 0 Å². The van der Waals surface area contributed by atoms with E-state index in [1.54, 1.807) is 6.07 Å². The van der Waals surface area contributed by atoms with Crippen molar-refractivity contribution in [1.82, 2.24) is 4.90 Å². The number of thiocarbonyl (C=S) groups is 1. The quantitative estimate of drug-likeness (QED) is 0.832. The summed E-state index contributed by atoms with van der Waals surface area (Å²) in [5, 5.41) is 4.05. The molecule has 5 heteroatoms. The zero-order valence-corrected chi connectivity index (χ0v) is 14.9. The molecule has 2 aromatic carbocycles. The van der Waals surface area contributed by atoms with Gasteiger partial charge in [0.05, 0.1) is 5.69 Å². The first kappa shape index (κ1) is 16.7. The summed E-state index contributed by atoms with van der Waals surface area (Å²) in [6, 6.07) is 13.3. The molecule has 1 saturated heterocycles. The van der Waals surface area contributed by atoms with Gasteiger partial charge in [-0.25, -0.2) is 4.39 Å². The Morgan fingerprint density at radius 2 is 1.62 bits per heavy atom. The topological polar surface area (TPSA) is 18.5 Å². The van der Waals surface area contributed by atoms with Gasteiger partial charge in [0.25, 0.3) is 0 Å². The summed E-state index contributed by atoms with van der Waals surface area (Å²) in [7, 11) is 0. The van der Waals surface area contributed by atoms with Gasteiger partial charge in [-0.2, -0.15) is 0 Å². The maximum Gasteiger partial charge on any atom is 0.173 e. The van der Waals surface area contributed by atoms with Crippen LogP contribution in [0, 0.1) is 19.7 Å². The summed E-state index contributed by atoms with van der Waals surface area (Å²) < 4.78 is 13.9. The smallest absolute Gasteiger partial charge is 0.173 e. The van der Waals surface area contributed by atoms with E-state index in [1.807, 2.05) is 12.1 Å². The molecule has 0 saturated carbocycles. The fourth-order valence-corrected chi connectivity index (χ4v) is 3.41. The van der Waals surface area contributed by atoms with Crippen LogP contribution in [0.1, 0.15) is 11.1 Å². The lowest BCUT2D eigenvalue weighted by Gasteiger charge is -2.37. The van der Waals surface area contributed by atoms with E-state index < -0.39 is 0 Å². The molecule has 1 heterocycles. The number of hydrogen-bond acceptors (Lipinski definition) is 2. The standard InChI is InChI=1S/C19H22FN3S/c1-14-11-15(2)13-16(12-14)21-19(24)23-9-7-22(8-10-23)18-6-4-3-5-17(18)20/h3-6,11-13H,7-10H2,1-2H3,(H,21,24). The number of halogens is 1. The van der Waals surface area contributed by atoms with Crippen LogP contribution < -0.4 is 10.2 Å². The Kier molecular flexibility index (Phi) is 5.00. The third kappa shape index (κ3) is 3.85. The van der Waals surface area contributed by atoms with E-state index >= 15 is 0 Å². The average Bonchev–Trinajstić information content (AvgIpc) is 2.54. The first-order chi connectivity index (χ1) is 11.5. The molecule has 0 atom stereocenters. The van der Waals surface area contributed by atoms with Crippen LogP contribution >= 0.6 is 12.2 Å². The number of aryl methyl sites for hydroxylation is 2. The predicted octanol–water partition coefficient (Wildman–Crippen LogP) is 3.96. The zero-order chi connectivity index (χ0) is 17.1. The Balaban J connectivity index is 1.60. The highest BCUT2D eigenvalue weighted by atomic mass is 32.1. The molecule has 1 fully saturated rings. The number of benzene rings is 2. The van der Waals surface area contributed by atoms with Crippen molar-refractivity contribution in [2.24, 2.45) is 0 Å². The molecule has 0 unspecified atom stereocenters. The largest absolute Gasteiger partial charge is 0.366 e. The molecule has 0 spiro atoms. The number of anilines is 2. The van der Waals surface area contributed by atoms with Gasteiger partial charge in [0.1, 0.15) is 5.82 Å². The van der Waals surface area contributed by atoms with Crippen LogP contribution in [0.15, 0.2) is 42.5 Å². The van der Waals surface area contributed by atoms with Crippen molar-refractivity contribution in [3.63, 3.8) is 0 Å². The first-order valence-electron chi connectivity index (χ1n) is 8.16. The average molecular weight is 343 g/mol. The number of piperazine rings is 1. The van der Waals surface area contributed by atoms with Crippen molar-refractivity contribution in [1.29, 1.82) is 0 Å². The van der Waals surface area contributed by atoms with Crippen molar-refractivity contribution in [2.75, 3.05) is 36.4 Å². The molecule has 3 nitrogen and oxygen atoms in total. The molecule has 1 aliphatic rings. The molecular weight excluding hydrogens is 321 g/mol. The monoisotopic (exact) mass is 343 g/mol. The summed E-state index contributed by atoms with van der Waals surface area (Å²) >= 11 is 5.55. The van der Waals surface area contributed by atoms with E-state index in [0.717, 1.165) is 37.0 Å². The number of rotatable bonds is 2. The predicted molar refractivity (Wildman–Crippen MR) is 102 cm³/mol. The Labute approximate surface area is 148 Å². The van der Waals surface area contributed by atoms with Crippen molar-refractivity contribution in [3.8, 4) is 0 Å². The SMILES string of the molecule is Cc1cc(C)cc(NC(=S)N2CCN(c3ccccc3F)CC2)c1. The van der Waals surface area contributed by atoms with Crippen molar-refractivity contribution in [3.05, 3.63) is 59.4 Å². The van der Waals surface area contributed by atoms with Crippen LogP contribution in [-0.4, -0.2) is 36.2 Å². The normalized spacial score (nSPS) is 14.6. The van der Waals surface area contributed by atoms with Gasteiger partial charge >= 0.3 is 0 Å². The number of nitrogens with one attached hydrogen (secondary N) is 1.